The summed E-state index contributed by atoms with van der Waals surface area (Å²) in [6, 6.07) is -0.262. The van der Waals surface area contributed by atoms with E-state index in [-0.39, 0.29) is 11.6 Å². The molecule has 0 saturated carbocycles. The van der Waals surface area contributed by atoms with Gasteiger partial charge in [-0.1, -0.05) is 0 Å². The molecule has 0 aromatic rings. The monoisotopic (exact) mass is 160 g/mol. The Hall–Kier alpha value is -0.120. The Morgan fingerprint density at radius 2 is 1.64 bits per heavy atom. The Labute approximate surface area is 68.8 Å². The van der Waals surface area contributed by atoms with Crippen LogP contribution in [0.25, 0.3) is 0 Å². The van der Waals surface area contributed by atoms with E-state index in [1.54, 1.807) is 13.8 Å². The van der Waals surface area contributed by atoms with E-state index >= 15 is 0 Å². The lowest BCUT2D eigenvalue weighted by Crippen LogP contribution is -2.49. The van der Waals surface area contributed by atoms with Crippen LogP contribution in [0.2, 0.25) is 0 Å². The Kier molecular flexibility index (Phi) is 3.06. The topological polar surface area (TPSA) is 72.3 Å². The Balaban J connectivity index is 3.99. The summed E-state index contributed by atoms with van der Waals surface area (Å²) >= 11 is 0. The van der Waals surface area contributed by atoms with Gasteiger partial charge in [-0.05, 0) is 34.1 Å². The van der Waals surface area contributed by atoms with E-state index in [1.165, 1.54) is 0 Å². The molecular weight excluding hydrogens is 140 g/mol. The molecule has 0 aromatic carbocycles. The molecule has 0 amide bonds. The lowest BCUT2D eigenvalue weighted by atomic mass is 9.88. The van der Waals surface area contributed by atoms with Gasteiger partial charge in [0.1, 0.15) is 0 Å². The molecule has 1 unspecified atom stereocenters. The van der Waals surface area contributed by atoms with Gasteiger partial charge in [-0.15, -0.1) is 0 Å². The molecule has 0 radical (unpaired) electrons. The van der Waals surface area contributed by atoms with Crippen LogP contribution in [0.4, 0.5) is 0 Å². The zero-order chi connectivity index (χ0) is 9.28. The molecule has 0 aromatic heterocycles. The predicted molar refractivity (Wildman–Crippen MR) is 47.2 cm³/mol. The quantitative estimate of drug-likeness (QED) is 0.552. The van der Waals surface area contributed by atoms with Gasteiger partial charge in [0, 0.05) is 11.6 Å². The van der Waals surface area contributed by atoms with Crippen molar-refractivity contribution < 1.29 is 5.11 Å². The minimum Gasteiger partial charge on any atom is -0.389 e. The SMILES string of the molecule is CC(C)(N)CC(N)C(C)(C)O. The maximum atomic E-state index is 9.47. The summed E-state index contributed by atoms with van der Waals surface area (Å²) in [6.45, 7) is 7.20. The first-order valence-electron chi connectivity index (χ1n) is 3.90. The highest BCUT2D eigenvalue weighted by molar-refractivity contribution is 4.87. The molecule has 0 aliphatic heterocycles. The molecule has 1 atom stereocenters. The van der Waals surface area contributed by atoms with Gasteiger partial charge in [0.2, 0.25) is 0 Å². The number of aliphatic hydroxyl groups is 1. The van der Waals surface area contributed by atoms with E-state index in [0.717, 1.165) is 0 Å². The van der Waals surface area contributed by atoms with Crippen LogP contribution >= 0.6 is 0 Å². The van der Waals surface area contributed by atoms with Gasteiger partial charge in [-0.2, -0.15) is 0 Å². The summed E-state index contributed by atoms with van der Waals surface area (Å²) in [4.78, 5) is 0. The van der Waals surface area contributed by atoms with Crippen LogP contribution in [0, 0.1) is 0 Å². The summed E-state index contributed by atoms with van der Waals surface area (Å²) in [7, 11) is 0. The molecule has 3 heteroatoms. The second kappa shape index (κ2) is 3.09. The summed E-state index contributed by atoms with van der Waals surface area (Å²) in [5.74, 6) is 0. The second-order valence-electron chi connectivity index (χ2n) is 4.45. The predicted octanol–water partition coefficient (Wildman–Crippen LogP) is 0.212. The van der Waals surface area contributed by atoms with Crippen LogP contribution in [0.5, 0.6) is 0 Å². The molecule has 3 nitrogen and oxygen atoms in total. The third-order valence-electron chi connectivity index (χ3n) is 1.65. The van der Waals surface area contributed by atoms with Crippen molar-refractivity contribution in [1.82, 2.24) is 0 Å². The van der Waals surface area contributed by atoms with Crippen LogP contribution in [0.3, 0.4) is 0 Å². The second-order valence-corrected chi connectivity index (χ2v) is 4.45. The first-order chi connectivity index (χ1) is 4.63. The lowest BCUT2D eigenvalue weighted by molar-refractivity contribution is 0.0427. The largest absolute Gasteiger partial charge is 0.389 e. The third kappa shape index (κ3) is 5.18. The van der Waals surface area contributed by atoms with Gasteiger partial charge in [0.25, 0.3) is 0 Å². The molecule has 5 N–H and O–H groups in total. The van der Waals surface area contributed by atoms with Crippen molar-refractivity contribution in [3.8, 4) is 0 Å². The third-order valence-corrected chi connectivity index (χ3v) is 1.65. The minimum atomic E-state index is -0.837. The van der Waals surface area contributed by atoms with E-state index in [4.69, 9.17) is 11.5 Å². The highest BCUT2D eigenvalue weighted by atomic mass is 16.3. The van der Waals surface area contributed by atoms with Crippen molar-refractivity contribution in [2.45, 2.75) is 51.3 Å². The minimum absolute atomic E-state index is 0.262. The summed E-state index contributed by atoms with van der Waals surface area (Å²) in [5.41, 5.74) is 10.3. The smallest absolute Gasteiger partial charge is 0.0742 e. The molecule has 0 saturated heterocycles. The van der Waals surface area contributed by atoms with Gasteiger partial charge < -0.3 is 16.6 Å². The standard InChI is InChI=1S/C8H20N2O/c1-7(2,10)5-6(9)8(3,4)11/h6,11H,5,9-10H2,1-4H3. The normalized spacial score (nSPS) is 16.6. The van der Waals surface area contributed by atoms with Crippen molar-refractivity contribution >= 4 is 0 Å². The van der Waals surface area contributed by atoms with Gasteiger partial charge in [-0.25, -0.2) is 0 Å². The Bertz CT molecular complexity index is 121. The maximum absolute atomic E-state index is 9.47. The highest BCUT2D eigenvalue weighted by Crippen LogP contribution is 2.15. The average Bonchev–Trinajstić information content (AvgIpc) is 1.56. The van der Waals surface area contributed by atoms with Crippen LogP contribution in [0.15, 0.2) is 0 Å². The lowest BCUT2D eigenvalue weighted by Gasteiger charge is -2.31. The van der Waals surface area contributed by atoms with Crippen LogP contribution in [0.1, 0.15) is 34.1 Å². The molecule has 0 bridgehead atoms. The Morgan fingerprint density at radius 1 is 1.27 bits per heavy atom. The highest BCUT2D eigenvalue weighted by Gasteiger charge is 2.27. The van der Waals surface area contributed by atoms with E-state index in [0.29, 0.717) is 6.42 Å². The Morgan fingerprint density at radius 3 is 1.73 bits per heavy atom. The fourth-order valence-corrected chi connectivity index (χ4v) is 0.817. The molecule has 11 heavy (non-hydrogen) atoms. The van der Waals surface area contributed by atoms with Crippen LogP contribution in [-0.4, -0.2) is 22.3 Å². The number of hydrogen-bond donors (Lipinski definition) is 3. The van der Waals surface area contributed by atoms with Crippen LogP contribution < -0.4 is 11.5 Å². The van der Waals surface area contributed by atoms with E-state index in [2.05, 4.69) is 0 Å². The van der Waals surface area contributed by atoms with Crippen molar-refractivity contribution in [3.63, 3.8) is 0 Å². The van der Waals surface area contributed by atoms with Gasteiger partial charge in [0.05, 0.1) is 5.60 Å². The first-order valence-corrected chi connectivity index (χ1v) is 3.90. The zero-order valence-electron chi connectivity index (χ0n) is 7.89. The summed E-state index contributed by atoms with van der Waals surface area (Å²) in [5, 5.41) is 9.47. The molecule has 0 aliphatic carbocycles. The van der Waals surface area contributed by atoms with Crippen LogP contribution in [-0.2, 0) is 0 Å². The number of nitrogens with two attached hydrogens (primary N) is 2. The maximum Gasteiger partial charge on any atom is 0.0742 e. The molecule has 68 valence electrons. The van der Waals surface area contributed by atoms with Gasteiger partial charge in [0.15, 0.2) is 0 Å². The van der Waals surface area contributed by atoms with Gasteiger partial charge in [-0.3, -0.25) is 0 Å². The van der Waals surface area contributed by atoms with E-state index in [1.807, 2.05) is 13.8 Å². The number of hydrogen-bond acceptors (Lipinski definition) is 3. The fraction of sp³-hybridized carbons (Fsp3) is 1.00. The van der Waals surface area contributed by atoms with Crippen molar-refractivity contribution in [1.29, 1.82) is 0 Å². The molecule has 0 heterocycles. The van der Waals surface area contributed by atoms with Crippen molar-refractivity contribution in [2.24, 2.45) is 11.5 Å². The van der Waals surface area contributed by atoms with Gasteiger partial charge >= 0.3 is 0 Å². The molecular formula is C8H20N2O. The van der Waals surface area contributed by atoms with E-state index in [9.17, 15) is 5.11 Å². The van der Waals surface area contributed by atoms with E-state index < -0.39 is 5.60 Å². The zero-order valence-corrected chi connectivity index (χ0v) is 7.89. The first kappa shape index (κ1) is 10.9. The molecule has 0 fully saturated rings. The number of rotatable bonds is 3. The fourth-order valence-electron chi connectivity index (χ4n) is 0.817. The molecule has 0 rings (SSSR count). The average molecular weight is 160 g/mol. The summed E-state index contributed by atoms with van der Waals surface area (Å²) in [6.07, 6.45) is 0.622. The summed E-state index contributed by atoms with van der Waals surface area (Å²) < 4.78 is 0. The van der Waals surface area contributed by atoms with Crippen molar-refractivity contribution in [3.05, 3.63) is 0 Å². The molecule has 0 spiro atoms. The van der Waals surface area contributed by atoms with Crippen molar-refractivity contribution in [2.75, 3.05) is 0 Å². The molecule has 0 aliphatic rings.